The number of hydrogen-bond acceptors (Lipinski definition) is 4. The highest BCUT2D eigenvalue weighted by Gasteiger charge is 2.31. The first kappa shape index (κ1) is 19.5. The van der Waals surface area contributed by atoms with E-state index in [1.165, 1.54) is 11.0 Å². The van der Waals surface area contributed by atoms with Crippen LogP contribution >= 0.6 is 0 Å². The summed E-state index contributed by atoms with van der Waals surface area (Å²) in [6, 6.07) is 2.84. The smallest absolute Gasteiger partial charge is 0.254 e. The van der Waals surface area contributed by atoms with Gasteiger partial charge < -0.3 is 4.90 Å². The summed E-state index contributed by atoms with van der Waals surface area (Å²) in [6.07, 6.45) is 0.521. The third kappa shape index (κ3) is 3.87. The predicted molar refractivity (Wildman–Crippen MR) is 96.2 cm³/mol. The first-order valence-corrected chi connectivity index (χ1v) is 10.4. The maximum absolute atomic E-state index is 13.4. The molecule has 9 heteroatoms. The van der Waals surface area contributed by atoms with Crippen molar-refractivity contribution in [1.29, 1.82) is 0 Å². The Labute approximate surface area is 156 Å². The van der Waals surface area contributed by atoms with Crippen LogP contribution in [0.1, 0.15) is 39.8 Å². The quantitative estimate of drug-likeness (QED) is 0.794. The van der Waals surface area contributed by atoms with Crippen LogP contribution in [0.15, 0.2) is 18.2 Å². The second-order valence-corrected chi connectivity index (χ2v) is 9.17. The normalized spacial score (nSPS) is 18.6. The first-order valence-electron chi connectivity index (χ1n) is 8.54. The molecule has 1 aromatic heterocycles. The van der Waals surface area contributed by atoms with Crippen LogP contribution in [-0.4, -0.2) is 47.6 Å². The maximum atomic E-state index is 13.4. The Morgan fingerprint density at radius 1 is 1.30 bits per heavy atom. The lowest BCUT2D eigenvalue weighted by molar-refractivity contribution is 0.0784. The molecule has 1 aliphatic heterocycles. The number of aryl methyl sites for hydroxylation is 1. The average Bonchev–Trinajstić information content (AvgIpc) is 3.10. The molecule has 0 radical (unpaired) electrons. The van der Waals surface area contributed by atoms with Gasteiger partial charge in [0.2, 0.25) is 0 Å². The average molecular weight is 397 g/mol. The van der Waals surface area contributed by atoms with Crippen LogP contribution in [0, 0.1) is 25.5 Å². The van der Waals surface area contributed by atoms with Crippen molar-refractivity contribution in [3.05, 3.63) is 52.3 Å². The fourth-order valence-corrected chi connectivity index (χ4v) is 5.10. The minimum atomic E-state index is -3.04. The van der Waals surface area contributed by atoms with E-state index in [1.807, 2.05) is 6.92 Å². The molecule has 1 saturated heterocycles. The fourth-order valence-electron chi connectivity index (χ4n) is 3.41. The van der Waals surface area contributed by atoms with E-state index in [9.17, 15) is 22.0 Å². The lowest BCUT2D eigenvalue weighted by Gasteiger charge is -2.18. The predicted octanol–water partition coefficient (Wildman–Crippen LogP) is 2.41. The zero-order chi connectivity index (χ0) is 19.9. The van der Waals surface area contributed by atoms with Crippen molar-refractivity contribution >= 4 is 15.7 Å². The minimum absolute atomic E-state index is 0.0565. The largest absolute Gasteiger partial charge is 0.337 e. The van der Waals surface area contributed by atoms with Gasteiger partial charge in [-0.2, -0.15) is 5.10 Å². The van der Waals surface area contributed by atoms with Crippen molar-refractivity contribution in [1.82, 2.24) is 14.7 Å². The molecule has 1 aliphatic rings. The Morgan fingerprint density at radius 3 is 2.59 bits per heavy atom. The minimum Gasteiger partial charge on any atom is -0.337 e. The highest BCUT2D eigenvalue weighted by molar-refractivity contribution is 7.91. The van der Waals surface area contributed by atoms with Crippen molar-refractivity contribution in [3.63, 3.8) is 0 Å². The van der Waals surface area contributed by atoms with Gasteiger partial charge in [0.05, 0.1) is 23.2 Å². The van der Waals surface area contributed by atoms with Gasteiger partial charge in [0, 0.05) is 30.4 Å². The Bertz CT molecular complexity index is 1000. The van der Waals surface area contributed by atoms with Gasteiger partial charge in [0.25, 0.3) is 5.91 Å². The van der Waals surface area contributed by atoms with Gasteiger partial charge in [-0.05, 0) is 38.5 Å². The van der Waals surface area contributed by atoms with E-state index in [0.717, 1.165) is 23.4 Å². The van der Waals surface area contributed by atoms with E-state index in [4.69, 9.17) is 0 Å². The van der Waals surface area contributed by atoms with Gasteiger partial charge in [-0.3, -0.25) is 9.48 Å². The molecule has 27 heavy (non-hydrogen) atoms. The SMILES string of the molecule is Cc1nn(C2CCS(=O)(=O)C2)c(C)c1CN(C)C(=O)c1ccc(F)c(F)c1. The lowest BCUT2D eigenvalue weighted by atomic mass is 10.1. The molecule has 1 fully saturated rings. The van der Waals surface area contributed by atoms with Crippen molar-refractivity contribution in [2.45, 2.75) is 32.9 Å². The monoisotopic (exact) mass is 397 g/mol. The number of rotatable bonds is 4. The van der Waals surface area contributed by atoms with Crippen LogP contribution in [0.5, 0.6) is 0 Å². The molecule has 1 amide bonds. The Hall–Kier alpha value is -2.29. The van der Waals surface area contributed by atoms with E-state index in [2.05, 4.69) is 5.10 Å². The Morgan fingerprint density at radius 2 is 2.00 bits per heavy atom. The molecule has 0 aliphatic carbocycles. The summed E-state index contributed by atoms with van der Waals surface area (Å²) < 4.78 is 51.7. The van der Waals surface area contributed by atoms with Crippen LogP contribution in [0.2, 0.25) is 0 Å². The summed E-state index contributed by atoms with van der Waals surface area (Å²) in [5, 5.41) is 4.47. The standard InChI is InChI=1S/C18H21F2N3O3S/c1-11-15(12(2)23(21-11)14-6-7-27(25,26)10-14)9-22(3)18(24)13-4-5-16(19)17(20)8-13/h4-5,8,14H,6-7,9-10H2,1-3H3. The third-order valence-corrected chi connectivity index (χ3v) is 6.69. The summed E-state index contributed by atoms with van der Waals surface area (Å²) >= 11 is 0. The number of sulfone groups is 1. The molecule has 146 valence electrons. The summed E-state index contributed by atoms with van der Waals surface area (Å²) in [5.74, 6) is -2.30. The molecule has 6 nitrogen and oxygen atoms in total. The molecule has 0 N–H and O–H groups in total. The molecule has 2 heterocycles. The zero-order valence-corrected chi connectivity index (χ0v) is 16.2. The number of aromatic nitrogens is 2. The zero-order valence-electron chi connectivity index (χ0n) is 15.4. The molecule has 1 atom stereocenters. The van der Waals surface area contributed by atoms with Gasteiger partial charge in [0.15, 0.2) is 21.5 Å². The van der Waals surface area contributed by atoms with Crippen LogP contribution < -0.4 is 0 Å². The first-order chi connectivity index (χ1) is 12.6. The fraction of sp³-hybridized carbons (Fsp3) is 0.444. The molecule has 1 aromatic carbocycles. The van der Waals surface area contributed by atoms with E-state index in [0.29, 0.717) is 12.1 Å². The van der Waals surface area contributed by atoms with Crippen molar-refractivity contribution in [2.75, 3.05) is 18.6 Å². The van der Waals surface area contributed by atoms with Crippen LogP contribution in [0.25, 0.3) is 0 Å². The van der Waals surface area contributed by atoms with E-state index < -0.39 is 27.4 Å². The molecular weight excluding hydrogens is 376 g/mol. The van der Waals surface area contributed by atoms with Gasteiger partial charge >= 0.3 is 0 Å². The van der Waals surface area contributed by atoms with E-state index >= 15 is 0 Å². The van der Waals surface area contributed by atoms with Crippen LogP contribution in [0.4, 0.5) is 8.78 Å². The summed E-state index contributed by atoms with van der Waals surface area (Å²) in [4.78, 5) is 13.9. The Kier molecular flexibility index (Phi) is 5.07. The number of amides is 1. The number of halogens is 2. The molecule has 1 unspecified atom stereocenters. The van der Waals surface area contributed by atoms with Gasteiger partial charge in [0.1, 0.15) is 0 Å². The molecule has 2 aromatic rings. The van der Waals surface area contributed by atoms with Crippen molar-refractivity contribution < 1.29 is 22.0 Å². The van der Waals surface area contributed by atoms with Crippen LogP contribution in [-0.2, 0) is 16.4 Å². The van der Waals surface area contributed by atoms with Crippen molar-refractivity contribution in [3.8, 4) is 0 Å². The third-order valence-electron chi connectivity index (χ3n) is 4.94. The van der Waals surface area contributed by atoms with Gasteiger partial charge in [-0.15, -0.1) is 0 Å². The highest BCUT2D eigenvalue weighted by atomic mass is 32.2. The summed E-state index contributed by atoms with van der Waals surface area (Å²) in [6.45, 7) is 3.88. The number of benzene rings is 1. The lowest BCUT2D eigenvalue weighted by Crippen LogP contribution is -2.27. The molecule has 3 rings (SSSR count). The second kappa shape index (κ2) is 7.03. The molecular formula is C18H21F2N3O3S. The summed E-state index contributed by atoms with van der Waals surface area (Å²) in [5.41, 5.74) is 2.39. The van der Waals surface area contributed by atoms with E-state index in [-0.39, 0.29) is 29.7 Å². The van der Waals surface area contributed by atoms with Crippen molar-refractivity contribution in [2.24, 2.45) is 0 Å². The Balaban J connectivity index is 1.81. The number of carbonyl (C=O) groups is 1. The molecule has 0 saturated carbocycles. The highest BCUT2D eigenvalue weighted by Crippen LogP contribution is 2.27. The van der Waals surface area contributed by atoms with Gasteiger partial charge in [-0.25, -0.2) is 17.2 Å². The molecule has 0 spiro atoms. The number of hydrogen-bond donors (Lipinski definition) is 0. The number of nitrogens with zero attached hydrogens (tertiary/aromatic N) is 3. The topological polar surface area (TPSA) is 72.3 Å². The van der Waals surface area contributed by atoms with Gasteiger partial charge in [-0.1, -0.05) is 0 Å². The van der Waals surface area contributed by atoms with E-state index in [1.54, 1.807) is 18.7 Å². The molecule has 0 bridgehead atoms. The van der Waals surface area contributed by atoms with Crippen LogP contribution in [0.3, 0.4) is 0 Å². The maximum Gasteiger partial charge on any atom is 0.254 e. The number of carbonyl (C=O) groups excluding carboxylic acids is 1. The second-order valence-electron chi connectivity index (χ2n) is 6.94. The summed E-state index contributed by atoms with van der Waals surface area (Å²) in [7, 11) is -1.47.